The van der Waals surface area contributed by atoms with Crippen molar-refractivity contribution in [2.45, 2.75) is 209 Å². The van der Waals surface area contributed by atoms with Crippen LogP contribution in [0.3, 0.4) is 0 Å². The molecule has 74 heavy (non-hydrogen) atoms. The van der Waals surface area contributed by atoms with E-state index >= 15 is 0 Å². The normalized spacial score (nSPS) is 18.7. The third-order valence-electron chi connectivity index (χ3n) is 14.5. The molecule has 4 aromatic carbocycles. The van der Waals surface area contributed by atoms with Gasteiger partial charge in [-0.25, -0.2) is 11.1 Å². The maximum Gasteiger partial charge on any atom is 0.103 e. The Kier molecular flexibility index (Phi) is 47.9. The van der Waals surface area contributed by atoms with E-state index in [9.17, 15) is 0 Å². The van der Waals surface area contributed by atoms with Crippen LogP contribution in [-0.2, 0) is 51.7 Å². The number of allylic oxidation sites excluding steroid dienone is 8. The van der Waals surface area contributed by atoms with E-state index in [0.717, 1.165) is 25.7 Å². The van der Waals surface area contributed by atoms with Crippen molar-refractivity contribution in [1.29, 1.82) is 0 Å². The number of nitrogens with one attached hydrogen (secondary N) is 2. The number of benzene rings is 4. The van der Waals surface area contributed by atoms with Crippen molar-refractivity contribution in [2.75, 3.05) is 0 Å². The molecule has 2 N–H and O–H groups in total. The van der Waals surface area contributed by atoms with Crippen LogP contribution < -0.4 is 45.6 Å². The minimum atomic E-state index is 0. The third-order valence-corrected chi connectivity index (χ3v) is 17.4. The Morgan fingerprint density at radius 1 is 0.338 bits per heavy atom. The molecule has 406 valence electrons. The molecule has 0 amide bonds. The average Bonchev–Trinajstić information content (AvgIpc) is 3.73. The summed E-state index contributed by atoms with van der Waals surface area (Å²) < 4.78 is 0. The topological polar surface area (TPSA) is 47.6 Å². The summed E-state index contributed by atoms with van der Waals surface area (Å²) in [5, 5.41) is 5.81. The summed E-state index contributed by atoms with van der Waals surface area (Å²) >= 11 is 0. The van der Waals surface area contributed by atoms with Gasteiger partial charge in [-0.3, -0.25) is 12.2 Å². The van der Waals surface area contributed by atoms with Crippen LogP contribution in [0.15, 0.2) is 155 Å². The second-order valence-corrected chi connectivity index (χ2v) is 23.7. The SMILES string of the molecule is CC1=[C-]C(C)C(C)=C1C.CC1=[C-]C(C)C(C)=C1C.[Cl-].[Cl-].[Hf].[Hf].[NH-]C1CCCCCCCCCCC1.[NH-]C1CCCCCCCCCCC1.c1ccc([SiH]c2ccccc2)cc1.c1ccc([SiH]c2ccccc2)cc1. The van der Waals surface area contributed by atoms with E-state index < -0.39 is 0 Å². The fourth-order valence-corrected chi connectivity index (χ4v) is 11.7. The minimum Gasteiger partial charge on any atom is -1.00 e. The van der Waals surface area contributed by atoms with Gasteiger partial charge in [0.25, 0.3) is 0 Å². The van der Waals surface area contributed by atoms with Gasteiger partial charge in [-0.2, -0.15) is 22.3 Å². The summed E-state index contributed by atoms with van der Waals surface area (Å²) in [6.45, 7) is 17.3. The van der Waals surface area contributed by atoms with Gasteiger partial charge in [-0.05, 0) is 0 Å². The van der Waals surface area contributed by atoms with Crippen molar-refractivity contribution >= 4 is 39.8 Å². The number of halogens is 2. The van der Waals surface area contributed by atoms with E-state index in [1.54, 1.807) is 0 Å². The van der Waals surface area contributed by atoms with Gasteiger partial charge in [0, 0.05) is 51.7 Å². The Bertz CT molecular complexity index is 1810. The van der Waals surface area contributed by atoms with Gasteiger partial charge in [0.2, 0.25) is 0 Å². The molecule has 0 aromatic heterocycles. The van der Waals surface area contributed by atoms with Gasteiger partial charge in [-0.1, -0.05) is 337 Å². The predicted molar refractivity (Wildman–Crippen MR) is 316 cm³/mol. The van der Waals surface area contributed by atoms with Crippen molar-refractivity contribution in [3.63, 3.8) is 0 Å². The molecule has 0 aliphatic heterocycles. The van der Waals surface area contributed by atoms with Crippen LogP contribution in [0.2, 0.25) is 0 Å². The second-order valence-electron chi connectivity index (χ2n) is 20.4. The number of hydrogen-bond donors (Lipinski definition) is 0. The molecule has 2 radical (unpaired) electrons. The molecular weight excluding hydrogens is 1300 g/mol. The van der Waals surface area contributed by atoms with Crippen molar-refractivity contribution in [3.8, 4) is 0 Å². The van der Waals surface area contributed by atoms with Gasteiger partial charge in [0.05, 0.1) is 0 Å². The Labute approximate surface area is 510 Å². The van der Waals surface area contributed by atoms with E-state index in [-0.39, 0.29) is 108 Å². The zero-order valence-corrected chi connectivity index (χ0v) is 58.3. The third kappa shape index (κ3) is 35.1. The Hall–Kier alpha value is -1.49. The first-order chi connectivity index (χ1) is 33.9. The molecule has 2 saturated carbocycles. The summed E-state index contributed by atoms with van der Waals surface area (Å²) in [6.07, 6.45) is 36.3. The summed E-state index contributed by atoms with van der Waals surface area (Å²) in [6, 6.07) is 43.1. The van der Waals surface area contributed by atoms with Crippen LogP contribution in [0.1, 0.15) is 197 Å². The quantitative estimate of drug-likeness (QED) is 0.144. The van der Waals surface area contributed by atoms with Gasteiger partial charge in [0.15, 0.2) is 0 Å². The molecular formula is C66H96Cl2Hf2N2Si2-6. The fourth-order valence-electron chi connectivity index (χ4n) is 9.23. The van der Waals surface area contributed by atoms with Crippen molar-refractivity contribution in [3.05, 3.63) is 178 Å². The Morgan fingerprint density at radius 2 is 0.527 bits per heavy atom. The summed E-state index contributed by atoms with van der Waals surface area (Å²) in [5.74, 6) is 1.12. The molecule has 2 nitrogen and oxygen atoms in total. The van der Waals surface area contributed by atoms with E-state index in [1.165, 1.54) is 170 Å². The zero-order valence-electron chi connectivity index (χ0n) is 47.3. The molecule has 4 aromatic rings. The van der Waals surface area contributed by atoms with E-state index in [1.807, 2.05) is 0 Å². The number of rotatable bonds is 4. The van der Waals surface area contributed by atoms with Crippen LogP contribution in [0.25, 0.3) is 11.5 Å². The maximum atomic E-state index is 7.80. The van der Waals surface area contributed by atoms with Gasteiger partial charge >= 0.3 is 0 Å². The van der Waals surface area contributed by atoms with Crippen molar-refractivity contribution in [2.24, 2.45) is 11.8 Å². The van der Waals surface area contributed by atoms with Crippen molar-refractivity contribution < 1.29 is 76.5 Å². The van der Waals surface area contributed by atoms with Crippen LogP contribution in [0, 0.1) is 24.0 Å². The molecule has 8 heteroatoms. The summed E-state index contributed by atoms with van der Waals surface area (Å²) in [4.78, 5) is 0. The van der Waals surface area contributed by atoms with Crippen LogP contribution in [0.5, 0.6) is 0 Å². The first-order valence-electron chi connectivity index (χ1n) is 27.8. The summed E-state index contributed by atoms with van der Waals surface area (Å²) in [7, 11) is 0.543. The average molecular weight is 1400 g/mol. The molecule has 4 aliphatic rings. The molecule has 2 atom stereocenters. The van der Waals surface area contributed by atoms with E-state index in [0.29, 0.717) is 11.8 Å². The van der Waals surface area contributed by atoms with E-state index in [2.05, 4.69) is 189 Å². The molecule has 0 heterocycles. The Balaban J connectivity index is 0. The monoisotopic (exact) mass is 1400 g/mol. The molecule has 2 unspecified atom stereocenters. The minimum absolute atomic E-state index is 0. The standard InChI is InChI=1S/2C12H24N.2C12H11Si.2C9H13.2ClH.2Hf/c2*13-12-10-8-6-4-2-1-3-5-7-9-11-12;2*1-3-7-11(8-4-1)13-12-9-5-2-6-10-12;2*1-6-5-7(2)9(4)8(6)3;;;;/h2*12-13H,1-11H2;2*1-10,13H;2*6H,1-4H3;2*1H;;/q2*-1;;;2*-1;;;;/p-2. The van der Waals surface area contributed by atoms with Crippen LogP contribution >= 0.6 is 0 Å². The van der Waals surface area contributed by atoms with Crippen LogP contribution in [0.4, 0.5) is 0 Å². The number of hydrogen-bond acceptors (Lipinski definition) is 0. The van der Waals surface area contributed by atoms with Crippen LogP contribution in [-0.4, -0.2) is 31.1 Å². The van der Waals surface area contributed by atoms with Gasteiger partial charge in [-0.15, -0.1) is 25.9 Å². The maximum absolute atomic E-state index is 7.80. The molecule has 4 aliphatic carbocycles. The zero-order chi connectivity index (χ0) is 50.6. The van der Waals surface area contributed by atoms with Gasteiger partial charge < -0.3 is 36.3 Å². The predicted octanol–water partition coefficient (Wildman–Crippen LogP) is 11.0. The summed E-state index contributed by atoms with van der Waals surface area (Å²) in [5.41, 5.74) is 24.1. The molecule has 8 rings (SSSR count). The fraction of sp³-hybridized carbons (Fsp3) is 0.515. The molecule has 0 spiro atoms. The molecule has 2 fully saturated rings. The first-order valence-corrected chi connectivity index (χ1v) is 30.1. The van der Waals surface area contributed by atoms with Crippen molar-refractivity contribution in [1.82, 2.24) is 0 Å². The molecule has 0 bridgehead atoms. The molecule has 0 saturated heterocycles. The smallest absolute Gasteiger partial charge is 0.103 e. The second kappa shape index (κ2) is 47.5. The Morgan fingerprint density at radius 3 is 0.676 bits per heavy atom. The van der Waals surface area contributed by atoms with Gasteiger partial charge in [0.1, 0.15) is 19.0 Å². The largest absolute Gasteiger partial charge is 1.00 e. The van der Waals surface area contributed by atoms with E-state index in [4.69, 9.17) is 11.5 Å². The first kappa shape index (κ1) is 74.6.